The van der Waals surface area contributed by atoms with Crippen molar-refractivity contribution in [1.29, 1.82) is 0 Å². The number of rotatable bonds is 13. The highest BCUT2D eigenvalue weighted by Gasteiger charge is 2.67. The van der Waals surface area contributed by atoms with Gasteiger partial charge in [-0.25, -0.2) is 26.0 Å². The van der Waals surface area contributed by atoms with Gasteiger partial charge < -0.3 is 5.32 Å². The first-order chi connectivity index (χ1) is 29.9. The number of hydrogen-bond acceptors (Lipinski definition) is 7. The minimum atomic E-state index is -3.89. The molecule has 3 aliphatic carbocycles. The molecule has 3 heterocycles. The van der Waals surface area contributed by atoms with Crippen molar-refractivity contribution in [2.75, 3.05) is 15.9 Å². The molecule has 1 aliphatic heterocycles. The second-order valence-electron chi connectivity index (χ2n) is 16.2. The van der Waals surface area contributed by atoms with Crippen LogP contribution in [-0.2, 0) is 52.0 Å². The molecule has 12 nitrogen and oxygen atoms in total. The lowest BCUT2D eigenvalue weighted by atomic mass is 9.86. The minimum absolute atomic E-state index is 0.00525. The lowest BCUT2D eigenvalue weighted by Gasteiger charge is -2.39. The van der Waals surface area contributed by atoms with E-state index >= 15 is 13.6 Å². The van der Waals surface area contributed by atoms with Crippen molar-refractivity contribution in [2.45, 2.75) is 62.6 Å². The lowest BCUT2D eigenvalue weighted by molar-refractivity contribution is -0.123. The number of hydrogen-bond donors (Lipinski definition) is 2. The molecule has 5 aromatic rings. The topological polar surface area (TPSA) is 144 Å². The zero-order valence-corrected chi connectivity index (χ0v) is 34.9. The van der Waals surface area contributed by atoms with Crippen molar-refractivity contribution < 1.29 is 44.3 Å². The number of nitrogens with zero attached hydrogens (tertiary/aromatic N) is 6. The Bertz CT molecular complexity index is 2900. The van der Waals surface area contributed by atoms with Gasteiger partial charge >= 0.3 is 0 Å². The monoisotopic (exact) mass is 910 g/mol. The molecule has 1 fully saturated rings. The van der Waals surface area contributed by atoms with E-state index in [4.69, 9.17) is 16.6 Å². The van der Waals surface area contributed by atoms with Crippen molar-refractivity contribution in [3.63, 3.8) is 0 Å². The second kappa shape index (κ2) is 15.7. The summed E-state index contributed by atoms with van der Waals surface area (Å²) < 4.78 is 118. The number of nitrogens with one attached hydrogen (secondary N) is 2. The minimum Gasteiger partial charge on any atom is -0.344 e. The van der Waals surface area contributed by atoms with Gasteiger partial charge in [-0.3, -0.25) is 33.6 Å². The maximum Gasteiger partial charge on any atom is 0.293 e. The Kier molecular flexibility index (Phi) is 10.5. The summed E-state index contributed by atoms with van der Waals surface area (Å²) >= 11 is 6.65. The fourth-order valence-corrected chi connectivity index (χ4v) is 9.77. The van der Waals surface area contributed by atoms with Gasteiger partial charge in [0.05, 0.1) is 45.9 Å². The van der Waals surface area contributed by atoms with Crippen molar-refractivity contribution in [3.05, 3.63) is 129 Å². The third-order valence-electron chi connectivity index (χ3n) is 11.7. The number of fused-ring (bicyclic) bond motifs is 5. The van der Waals surface area contributed by atoms with Crippen LogP contribution in [0.25, 0.3) is 10.9 Å². The predicted octanol–water partition coefficient (Wildman–Crippen LogP) is 7.51. The highest BCUT2D eigenvalue weighted by Crippen LogP contribution is 2.68. The van der Waals surface area contributed by atoms with Crippen LogP contribution in [0.5, 0.6) is 0 Å². The van der Waals surface area contributed by atoms with Crippen LogP contribution in [0.4, 0.5) is 37.8 Å². The van der Waals surface area contributed by atoms with Crippen LogP contribution in [-0.4, -0.2) is 64.0 Å². The molecule has 0 spiro atoms. The summed E-state index contributed by atoms with van der Waals surface area (Å²) in [4.78, 5) is 35.5. The van der Waals surface area contributed by atoms with Gasteiger partial charge in [-0.05, 0) is 66.1 Å². The summed E-state index contributed by atoms with van der Waals surface area (Å²) in [7, 11) is -2.41. The smallest absolute Gasteiger partial charge is 0.293 e. The van der Waals surface area contributed by atoms with E-state index in [9.17, 15) is 30.8 Å². The zero-order valence-electron chi connectivity index (χ0n) is 33.4. The first-order valence-electron chi connectivity index (χ1n) is 19.9. The van der Waals surface area contributed by atoms with Crippen molar-refractivity contribution in [1.82, 2.24) is 24.9 Å². The van der Waals surface area contributed by atoms with Crippen molar-refractivity contribution >= 4 is 61.7 Å². The first-order valence-corrected chi connectivity index (χ1v) is 22.1. The molecule has 2 N–H and O–H groups in total. The maximum atomic E-state index is 15.5. The molecular formula is C43H37ClF6N8O4S. The standard InChI is InChI=1S/C43H37ClF6N8O4S/c1-56-37-32(13-12-29(44)35(37)40(54-56)55-63(2,61)62)58-41(52-30-16-22(10-11-26(30)42(58)60)9-8-21-6-4-3-5-7-21)31(17-23-14-24(45)18-25(46)15-23)51-33(59)20-57-38-34(36(53-57)39(47)48)27-19-28(27)43(38,49)50/h3-7,10-16,18,26-28,30-31,39H,8-9,17,19-20H2,1-2H3,(H,51,59)(H,54,55)/t26?,27-,28+,30?,31-/m0/s1. The Hall–Kier alpha value is -5.95. The lowest BCUT2D eigenvalue weighted by Crippen LogP contribution is -2.58. The summed E-state index contributed by atoms with van der Waals surface area (Å²) in [6.45, 7) is -0.953. The number of aliphatic imine (C=N–C) groups is 1. The molecule has 1 saturated carbocycles. The number of amidine groups is 1. The number of sulfonamides is 1. The largest absolute Gasteiger partial charge is 0.344 e. The molecule has 2 amide bonds. The number of benzene rings is 3. The molecule has 0 radical (unpaired) electrons. The van der Waals surface area contributed by atoms with E-state index in [1.807, 2.05) is 42.5 Å². The van der Waals surface area contributed by atoms with Gasteiger partial charge in [0.1, 0.15) is 35.4 Å². The van der Waals surface area contributed by atoms with Crippen molar-refractivity contribution in [2.24, 2.45) is 23.9 Å². The van der Waals surface area contributed by atoms with E-state index < -0.39 is 100 Å². The van der Waals surface area contributed by atoms with Crippen LogP contribution in [0, 0.1) is 23.5 Å². The molecule has 9 rings (SSSR count). The Labute approximate surface area is 361 Å². The molecule has 20 heteroatoms. The van der Waals surface area contributed by atoms with E-state index in [0.717, 1.165) is 29.5 Å². The molecule has 63 heavy (non-hydrogen) atoms. The van der Waals surface area contributed by atoms with Crippen LogP contribution in [0.2, 0.25) is 5.02 Å². The summed E-state index contributed by atoms with van der Waals surface area (Å²) in [5.41, 5.74) is 0.277. The molecule has 4 aliphatic rings. The van der Waals surface area contributed by atoms with Gasteiger partial charge in [-0.1, -0.05) is 60.2 Å². The van der Waals surface area contributed by atoms with Gasteiger partial charge in [0.25, 0.3) is 12.3 Å². The van der Waals surface area contributed by atoms with E-state index in [1.165, 1.54) is 28.8 Å². The van der Waals surface area contributed by atoms with Gasteiger partial charge in [0.15, 0.2) is 5.82 Å². The summed E-state index contributed by atoms with van der Waals surface area (Å²) in [6, 6.07) is 12.9. The normalized spacial score (nSPS) is 21.5. The third-order valence-corrected chi connectivity index (χ3v) is 12.6. The van der Waals surface area contributed by atoms with Crippen LogP contribution in [0.15, 0.2) is 89.5 Å². The quantitative estimate of drug-likeness (QED) is 0.117. The average molecular weight is 911 g/mol. The highest BCUT2D eigenvalue weighted by molar-refractivity contribution is 7.92. The molecule has 328 valence electrons. The molecule has 2 unspecified atom stereocenters. The zero-order chi connectivity index (χ0) is 44.7. The number of anilines is 2. The fraction of sp³-hybridized carbons (Fsp3) is 0.326. The molecule has 5 atom stereocenters. The van der Waals surface area contributed by atoms with Crippen molar-refractivity contribution in [3.8, 4) is 0 Å². The molecular weight excluding hydrogens is 874 g/mol. The second-order valence-corrected chi connectivity index (χ2v) is 18.3. The number of carbonyl (C=O) groups is 2. The summed E-state index contributed by atoms with van der Waals surface area (Å²) in [5, 5.41) is 11.0. The van der Waals surface area contributed by atoms with Gasteiger partial charge in [-0.15, -0.1) is 0 Å². The van der Waals surface area contributed by atoms with Gasteiger partial charge in [0, 0.05) is 31.0 Å². The number of amides is 2. The SMILES string of the molecule is Cn1nc(NS(C)(=O)=O)c2c(Cl)ccc(N3C(=O)C4C=CC(CCc5ccccc5)=CC4N=C3[C@H](Cc3cc(F)cc(F)c3)NC(=O)Cn3nc(C(F)F)c4c3C(F)(F)[C@@H]3C[C@H]43)c21. The number of carbonyl (C=O) groups excluding carboxylic acids is 2. The average Bonchev–Trinajstić information content (AvgIpc) is 3.75. The number of halogens is 7. The Morgan fingerprint density at radius 3 is 2.44 bits per heavy atom. The number of aryl methyl sites for hydroxylation is 2. The number of alkyl halides is 4. The van der Waals surface area contributed by atoms with E-state index in [-0.39, 0.29) is 50.8 Å². The summed E-state index contributed by atoms with van der Waals surface area (Å²) in [6.07, 6.45) is 3.88. The van der Waals surface area contributed by atoms with Crippen LogP contribution in [0.3, 0.4) is 0 Å². The molecule has 2 aromatic heterocycles. The summed E-state index contributed by atoms with van der Waals surface area (Å²) in [5.74, 6) is -10.3. The maximum absolute atomic E-state index is 15.5. The predicted molar refractivity (Wildman–Crippen MR) is 222 cm³/mol. The Balaban J connectivity index is 1.17. The van der Waals surface area contributed by atoms with Crippen LogP contribution < -0.4 is 14.9 Å². The third kappa shape index (κ3) is 7.89. The fourth-order valence-electron chi connectivity index (χ4n) is 9.04. The van der Waals surface area contributed by atoms with Gasteiger partial charge in [-0.2, -0.15) is 19.0 Å². The van der Waals surface area contributed by atoms with Crippen LogP contribution >= 0.6 is 11.6 Å². The molecule has 0 saturated heterocycles. The van der Waals surface area contributed by atoms with E-state index in [2.05, 4.69) is 20.2 Å². The Morgan fingerprint density at radius 1 is 1.02 bits per heavy atom. The van der Waals surface area contributed by atoms with E-state index in [1.54, 1.807) is 6.08 Å². The molecule has 3 aromatic carbocycles. The highest BCUT2D eigenvalue weighted by atomic mass is 35.5. The number of aromatic nitrogens is 4. The molecule has 0 bridgehead atoms. The van der Waals surface area contributed by atoms with Crippen LogP contribution in [0.1, 0.15) is 53.3 Å². The van der Waals surface area contributed by atoms with Gasteiger partial charge in [0.2, 0.25) is 21.8 Å². The first kappa shape index (κ1) is 42.4. The van der Waals surface area contributed by atoms with E-state index in [0.29, 0.717) is 23.6 Å². The Morgan fingerprint density at radius 2 is 1.75 bits per heavy atom. The number of allylic oxidation sites excluding steroid dienone is 2.